The Balaban J connectivity index is 1.99. The first kappa shape index (κ1) is 19.4. The topological polar surface area (TPSA) is 64.6 Å². The van der Waals surface area contributed by atoms with E-state index in [2.05, 4.69) is 5.32 Å². The second-order valence-electron chi connectivity index (χ2n) is 6.86. The van der Waals surface area contributed by atoms with Gasteiger partial charge in [0.2, 0.25) is 0 Å². The van der Waals surface area contributed by atoms with Crippen LogP contribution in [0.15, 0.2) is 36.2 Å². The number of piperidine rings is 1. The molecule has 6 heteroatoms. The van der Waals surface area contributed by atoms with Gasteiger partial charge in [-0.1, -0.05) is 18.2 Å². The number of halogens is 1. The molecule has 0 bridgehead atoms. The van der Waals surface area contributed by atoms with Crippen LogP contribution in [0.2, 0.25) is 0 Å². The summed E-state index contributed by atoms with van der Waals surface area (Å²) >= 11 is 0. The molecule has 5 nitrogen and oxygen atoms in total. The minimum absolute atomic E-state index is 0.114. The predicted octanol–water partition coefficient (Wildman–Crippen LogP) is 2.69. The Labute approximate surface area is 147 Å². The Kier molecular flexibility index (Phi) is 6.53. The summed E-state index contributed by atoms with van der Waals surface area (Å²) in [4.78, 5) is 23.6. The van der Waals surface area contributed by atoms with Gasteiger partial charge in [0.1, 0.15) is 5.83 Å². The van der Waals surface area contributed by atoms with Crippen LogP contribution in [0.5, 0.6) is 0 Å². The highest BCUT2D eigenvalue weighted by molar-refractivity contribution is 5.79. The summed E-state index contributed by atoms with van der Waals surface area (Å²) < 4.78 is 23.5. The van der Waals surface area contributed by atoms with Gasteiger partial charge in [0, 0.05) is 12.6 Å². The Bertz CT molecular complexity index is 590. The fourth-order valence-electron chi connectivity index (χ4n) is 3.34. The van der Waals surface area contributed by atoms with E-state index in [1.807, 2.05) is 12.2 Å². The molecular formula is C19H26FNO4. The number of carbonyl (C=O) groups excluding carboxylic acids is 2. The standard InChI is InChI=1S/C19H26FNO4/c1-19(18(23)25-3)9-8-15(20)10-13(11-19)4-6-16-7-5-14(12-21-16)17(22)24-2/h4,6,8-10,13-14,16,21H,5,7,11-12H2,1-3H3. The van der Waals surface area contributed by atoms with Crippen molar-refractivity contribution in [3.63, 3.8) is 0 Å². The van der Waals surface area contributed by atoms with E-state index in [1.54, 1.807) is 13.0 Å². The van der Waals surface area contributed by atoms with Gasteiger partial charge in [-0.3, -0.25) is 9.59 Å². The van der Waals surface area contributed by atoms with Crippen molar-refractivity contribution >= 4 is 11.9 Å². The number of allylic oxidation sites excluding steroid dienone is 4. The predicted molar refractivity (Wildman–Crippen MR) is 92.2 cm³/mol. The third-order valence-corrected chi connectivity index (χ3v) is 4.87. The lowest BCUT2D eigenvalue weighted by molar-refractivity contribution is -0.149. The van der Waals surface area contributed by atoms with Crippen LogP contribution in [-0.4, -0.2) is 38.7 Å². The van der Waals surface area contributed by atoms with Crippen molar-refractivity contribution < 1.29 is 23.5 Å². The Morgan fingerprint density at radius 2 is 2.04 bits per heavy atom. The molecule has 138 valence electrons. The third kappa shape index (κ3) is 5.01. The first-order valence-electron chi connectivity index (χ1n) is 8.52. The molecule has 0 spiro atoms. The van der Waals surface area contributed by atoms with Gasteiger partial charge < -0.3 is 14.8 Å². The molecule has 0 aromatic heterocycles. The van der Waals surface area contributed by atoms with Crippen molar-refractivity contribution in [2.24, 2.45) is 17.3 Å². The molecule has 25 heavy (non-hydrogen) atoms. The van der Waals surface area contributed by atoms with Crippen molar-refractivity contribution in [1.82, 2.24) is 5.32 Å². The Hall–Kier alpha value is -1.95. The summed E-state index contributed by atoms with van der Waals surface area (Å²) in [6.07, 6.45) is 10.3. The van der Waals surface area contributed by atoms with E-state index in [-0.39, 0.29) is 35.6 Å². The fraction of sp³-hybridized carbons (Fsp3) is 0.579. The molecule has 0 amide bonds. The minimum atomic E-state index is -0.857. The van der Waals surface area contributed by atoms with Gasteiger partial charge in [0.15, 0.2) is 0 Å². The molecule has 1 heterocycles. The summed E-state index contributed by atoms with van der Waals surface area (Å²) in [5.41, 5.74) is -0.857. The summed E-state index contributed by atoms with van der Waals surface area (Å²) in [5.74, 6) is -1.24. The molecule has 1 saturated heterocycles. The Morgan fingerprint density at radius 3 is 2.64 bits per heavy atom. The molecule has 0 saturated carbocycles. The molecule has 2 aliphatic rings. The number of esters is 2. The van der Waals surface area contributed by atoms with E-state index in [4.69, 9.17) is 9.47 Å². The average Bonchev–Trinajstić information content (AvgIpc) is 2.78. The van der Waals surface area contributed by atoms with Crippen LogP contribution in [-0.2, 0) is 19.1 Å². The van der Waals surface area contributed by atoms with Crippen molar-refractivity contribution in [2.45, 2.75) is 32.2 Å². The SMILES string of the molecule is COC(=O)C1CCC(C=CC2C=C(F)C=CC(C)(C(=O)OC)C2)NC1. The zero-order valence-corrected chi connectivity index (χ0v) is 15.0. The maximum absolute atomic E-state index is 13.9. The fourth-order valence-corrected chi connectivity index (χ4v) is 3.34. The maximum Gasteiger partial charge on any atom is 0.315 e. The van der Waals surface area contributed by atoms with Gasteiger partial charge in [0.05, 0.1) is 25.6 Å². The molecule has 4 unspecified atom stereocenters. The number of carbonyl (C=O) groups is 2. The molecule has 1 aliphatic carbocycles. The highest BCUT2D eigenvalue weighted by atomic mass is 19.1. The smallest absolute Gasteiger partial charge is 0.315 e. The van der Waals surface area contributed by atoms with Crippen LogP contribution < -0.4 is 5.32 Å². The van der Waals surface area contributed by atoms with E-state index in [0.29, 0.717) is 13.0 Å². The lowest BCUT2D eigenvalue weighted by Gasteiger charge is -2.27. The first-order valence-corrected chi connectivity index (χ1v) is 8.52. The molecule has 1 N–H and O–H groups in total. The molecule has 1 fully saturated rings. The van der Waals surface area contributed by atoms with Gasteiger partial charge in [0.25, 0.3) is 0 Å². The number of rotatable bonds is 4. The number of hydrogen-bond donors (Lipinski definition) is 1. The first-order chi connectivity index (χ1) is 11.9. The monoisotopic (exact) mass is 351 g/mol. The van der Waals surface area contributed by atoms with Crippen LogP contribution in [0, 0.1) is 17.3 Å². The number of nitrogens with one attached hydrogen (secondary N) is 1. The van der Waals surface area contributed by atoms with Crippen LogP contribution >= 0.6 is 0 Å². The molecule has 1 aliphatic heterocycles. The molecule has 0 aromatic carbocycles. The van der Waals surface area contributed by atoms with Crippen LogP contribution in [0.1, 0.15) is 26.2 Å². The number of ether oxygens (including phenoxy) is 2. The molecular weight excluding hydrogens is 325 g/mol. The highest BCUT2D eigenvalue weighted by Gasteiger charge is 2.35. The van der Waals surface area contributed by atoms with E-state index in [0.717, 1.165) is 12.8 Å². The quantitative estimate of drug-likeness (QED) is 0.623. The summed E-state index contributed by atoms with van der Waals surface area (Å²) in [7, 11) is 2.73. The summed E-state index contributed by atoms with van der Waals surface area (Å²) in [6.45, 7) is 2.32. The lowest BCUT2D eigenvalue weighted by atomic mass is 9.81. The van der Waals surface area contributed by atoms with Crippen LogP contribution in [0.3, 0.4) is 0 Å². The van der Waals surface area contributed by atoms with Gasteiger partial charge in [-0.25, -0.2) is 4.39 Å². The number of methoxy groups -OCH3 is 2. The molecule has 2 rings (SSSR count). The van der Waals surface area contributed by atoms with Crippen LogP contribution in [0.4, 0.5) is 4.39 Å². The lowest BCUT2D eigenvalue weighted by Crippen LogP contribution is -2.41. The van der Waals surface area contributed by atoms with Gasteiger partial charge in [-0.05, 0) is 44.3 Å². The van der Waals surface area contributed by atoms with Gasteiger partial charge in [-0.15, -0.1) is 0 Å². The largest absolute Gasteiger partial charge is 0.469 e. The zero-order valence-electron chi connectivity index (χ0n) is 15.0. The third-order valence-electron chi connectivity index (χ3n) is 4.87. The van der Waals surface area contributed by atoms with Crippen molar-refractivity contribution in [3.8, 4) is 0 Å². The van der Waals surface area contributed by atoms with Crippen molar-refractivity contribution in [1.29, 1.82) is 0 Å². The highest BCUT2D eigenvalue weighted by Crippen LogP contribution is 2.34. The van der Waals surface area contributed by atoms with E-state index >= 15 is 0 Å². The van der Waals surface area contributed by atoms with E-state index in [9.17, 15) is 14.0 Å². The van der Waals surface area contributed by atoms with Crippen molar-refractivity contribution in [3.05, 3.63) is 36.2 Å². The van der Waals surface area contributed by atoms with Crippen LogP contribution in [0.25, 0.3) is 0 Å². The molecule has 4 atom stereocenters. The zero-order chi connectivity index (χ0) is 18.4. The Morgan fingerprint density at radius 1 is 1.28 bits per heavy atom. The summed E-state index contributed by atoms with van der Waals surface area (Å²) in [5, 5.41) is 3.30. The maximum atomic E-state index is 13.9. The molecule has 0 aromatic rings. The number of hydrogen-bond acceptors (Lipinski definition) is 5. The molecule has 0 radical (unpaired) electrons. The average molecular weight is 351 g/mol. The normalized spacial score (nSPS) is 32.8. The van der Waals surface area contributed by atoms with Gasteiger partial charge >= 0.3 is 11.9 Å². The second-order valence-corrected chi connectivity index (χ2v) is 6.86. The second kappa shape index (κ2) is 8.43. The van der Waals surface area contributed by atoms with E-state index in [1.165, 1.54) is 26.4 Å². The van der Waals surface area contributed by atoms with Gasteiger partial charge in [-0.2, -0.15) is 0 Å². The summed E-state index contributed by atoms with van der Waals surface area (Å²) in [6, 6.07) is 0.123. The minimum Gasteiger partial charge on any atom is -0.469 e. The van der Waals surface area contributed by atoms with E-state index < -0.39 is 5.41 Å². The van der Waals surface area contributed by atoms with Crippen molar-refractivity contribution in [2.75, 3.05) is 20.8 Å².